The van der Waals surface area contributed by atoms with Crippen molar-refractivity contribution in [1.29, 1.82) is 0 Å². The molecule has 0 bridgehead atoms. The van der Waals surface area contributed by atoms with Crippen molar-refractivity contribution in [3.05, 3.63) is 34.9 Å². The Morgan fingerprint density at radius 2 is 2.38 bits per heavy atom. The molecule has 1 heterocycles. The Kier molecular flexibility index (Phi) is 3.59. The molecule has 2 atom stereocenters. The Bertz CT molecular complexity index is 394. The van der Waals surface area contributed by atoms with Crippen molar-refractivity contribution in [3.8, 4) is 0 Å². The van der Waals surface area contributed by atoms with Gasteiger partial charge in [-0.25, -0.2) is 0 Å². The van der Waals surface area contributed by atoms with E-state index < -0.39 is 0 Å². The summed E-state index contributed by atoms with van der Waals surface area (Å²) in [7, 11) is 1.67. The monoisotopic (exact) mass is 239 g/mol. The summed E-state index contributed by atoms with van der Waals surface area (Å²) in [6.45, 7) is 0.730. The van der Waals surface area contributed by atoms with Crippen molar-refractivity contribution in [1.82, 2.24) is 5.32 Å². The number of ether oxygens (including phenoxy) is 1. The van der Waals surface area contributed by atoms with E-state index in [1.807, 2.05) is 0 Å². The van der Waals surface area contributed by atoms with Crippen LogP contribution < -0.4 is 5.32 Å². The van der Waals surface area contributed by atoms with E-state index in [1.54, 1.807) is 31.4 Å². The molecule has 1 aromatic carbocycles. The molecule has 1 N–H and O–H groups in total. The molecule has 0 amide bonds. The number of halogens is 1. The highest BCUT2D eigenvalue weighted by Crippen LogP contribution is 2.17. The number of carbonyl (C=O) groups excluding carboxylic acids is 1. The lowest BCUT2D eigenvalue weighted by Crippen LogP contribution is -2.30. The minimum atomic E-state index is -0.150. The SMILES string of the molecule is COC1CNC(C(=O)c2cccc(Cl)c2)C1. The molecule has 86 valence electrons. The lowest BCUT2D eigenvalue weighted by atomic mass is 10.0. The molecule has 0 aromatic heterocycles. The first-order valence-corrected chi connectivity index (χ1v) is 5.64. The molecule has 1 aromatic rings. The van der Waals surface area contributed by atoms with Crippen LogP contribution in [0.4, 0.5) is 0 Å². The molecule has 0 radical (unpaired) electrons. The summed E-state index contributed by atoms with van der Waals surface area (Å²) in [5.74, 6) is 0.0852. The molecule has 3 nitrogen and oxygen atoms in total. The van der Waals surface area contributed by atoms with Crippen LogP contribution in [0.25, 0.3) is 0 Å². The first-order chi connectivity index (χ1) is 7.70. The van der Waals surface area contributed by atoms with Crippen LogP contribution in [-0.2, 0) is 4.74 Å². The van der Waals surface area contributed by atoms with Crippen LogP contribution >= 0.6 is 11.6 Å². The van der Waals surface area contributed by atoms with Gasteiger partial charge in [0.1, 0.15) is 0 Å². The summed E-state index contributed by atoms with van der Waals surface area (Å²) < 4.78 is 5.21. The summed E-state index contributed by atoms with van der Waals surface area (Å²) in [6.07, 6.45) is 0.857. The van der Waals surface area contributed by atoms with Crippen LogP contribution in [0.1, 0.15) is 16.8 Å². The minimum Gasteiger partial charge on any atom is -0.380 e. The van der Waals surface area contributed by atoms with E-state index in [4.69, 9.17) is 16.3 Å². The molecule has 1 aliphatic heterocycles. The highest BCUT2D eigenvalue weighted by atomic mass is 35.5. The van der Waals surface area contributed by atoms with Gasteiger partial charge >= 0.3 is 0 Å². The average Bonchev–Trinajstić information content (AvgIpc) is 2.76. The maximum atomic E-state index is 12.1. The molecule has 0 saturated carbocycles. The number of carbonyl (C=O) groups is 1. The molecular weight excluding hydrogens is 226 g/mol. The summed E-state index contributed by atoms with van der Waals surface area (Å²) in [4.78, 5) is 12.1. The van der Waals surface area contributed by atoms with Crippen LogP contribution in [0.5, 0.6) is 0 Å². The zero-order valence-corrected chi connectivity index (χ0v) is 9.83. The zero-order chi connectivity index (χ0) is 11.5. The summed E-state index contributed by atoms with van der Waals surface area (Å²) in [6, 6.07) is 6.89. The Labute approximate surface area is 99.7 Å². The van der Waals surface area contributed by atoms with E-state index in [-0.39, 0.29) is 17.9 Å². The fourth-order valence-electron chi connectivity index (χ4n) is 1.93. The molecule has 2 rings (SSSR count). The largest absolute Gasteiger partial charge is 0.380 e. The highest BCUT2D eigenvalue weighted by molar-refractivity contribution is 6.31. The van der Waals surface area contributed by atoms with Crippen LogP contribution in [0.3, 0.4) is 0 Å². The van der Waals surface area contributed by atoms with E-state index in [0.29, 0.717) is 10.6 Å². The first kappa shape index (κ1) is 11.6. The molecule has 1 aliphatic rings. The molecule has 4 heteroatoms. The van der Waals surface area contributed by atoms with Gasteiger partial charge in [0.15, 0.2) is 5.78 Å². The topological polar surface area (TPSA) is 38.3 Å². The van der Waals surface area contributed by atoms with Crippen LogP contribution in [0.15, 0.2) is 24.3 Å². The fraction of sp³-hybridized carbons (Fsp3) is 0.417. The second-order valence-corrected chi connectivity index (χ2v) is 4.37. The number of nitrogens with one attached hydrogen (secondary N) is 1. The average molecular weight is 240 g/mol. The van der Waals surface area contributed by atoms with Gasteiger partial charge in [0.2, 0.25) is 0 Å². The molecule has 1 saturated heterocycles. The van der Waals surface area contributed by atoms with Crippen molar-refractivity contribution in [2.45, 2.75) is 18.6 Å². The van der Waals surface area contributed by atoms with Crippen molar-refractivity contribution in [3.63, 3.8) is 0 Å². The number of Topliss-reactive ketones (excluding diaryl/α,β-unsaturated/α-hetero) is 1. The number of rotatable bonds is 3. The number of methoxy groups -OCH3 is 1. The van der Waals surface area contributed by atoms with Gasteiger partial charge < -0.3 is 10.1 Å². The number of hydrogen-bond acceptors (Lipinski definition) is 3. The van der Waals surface area contributed by atoms with Gasteiger partial charge in [0.25, 0.3) is 0 Å². The maximum Gasteiger partial charge on any atom is 0.179 e. The predicted molar refractivity (Wildman–Crippen MR) is 63.0 cm³/mol. The lowest BCUT2D eigenvalue weighted by molar-refractivity contribution is 0.0919. The van der Waals surface area contributed by atoms with Gasteiger partial charge in [-0.15, -0.1) is 0 Å². The van der Waals surface area contributed by atoms with E-state index >= 15 is 0 Å². The van der Waals surface area contributed by atoms with Crippen molar-refractivity contribution in [2.75, 3.05) is 13.7 Å². The Morgan fingerprint density at radius 3 is 3.00 bits per heavy atom. The van der Waals surface area contributed by atoms with Crippen molar-refractivity contribution < 1.29 is 9.53 Å². The van der Waals surface area contributed by atoms with Gasteiger partial charge in [0.05, 0.1) is 12.1 Å². The fourth-order valence-corrected chi connectivity index (χ4v) is 2.12. The Morgan fingerprint density at radius 1 is 1.56 bits per heavy atom. The quantitative estimate of drug-likeness (QED) is 0.819. The summed E-state index contributed by atoms with van der Waals surface area (Å²) in [5, 5.41) is 3.75. The normalized spacial score (nSPS) is 24.6. The first-order valence-electron chi connectivity index (χ1n) is 5.26. The highest BCUT2D eigenvalue weighted by Gasteiger charge is 2.29. The van der Waals surface area contributed by atoms with Crippen LogP contribution in [0, 0.1) is 0 Å². The third kappa shape index (κ3) is 2.43. The number of benzene rings is 1. The molecular formula is C12H14ClNO2. The Hall–Kier alpha value is -0.900. The predicted octanol–water partition coefficient (Wildman–Crippen LogP) is 1.90. The van der Waals surface area contributed by atoms with Gasteiger partial charge in [0, 0.05) is 24.2 Å². The summed E-state index contributed by atoms with van der Waals surface area (Å²) in [5.41, 5.74) is 0.654. The Balaban J connectivity index is 2.08. The standard InChI is InChI=1S/C12H14ClNO2/c1-16-10-6-11(14-7-10)12(15)8-3-2-4-9(13)5-8/h2-5,10-11,14H,6-7H2,1H3. The molecule has 2 unspecified atom stereocenters. The number of ketones is 1. The van der Waals surface area contributed by atoms with E-state index in [1.165, 1.54) is 0 Å². The third-order valence-corrected chi connectivity index (χ3v) is 3.08. The lowest BCUT2D eigenvalue weighted by Gasteiger charge is -2.09. The molecule has 1 fully saturated rings. The smallest absolute Gasteiger partial charge is 0.179 e. The van der Waals surface area contributed by atoms with Crippen molar-refractivity contribution in [2.24, 2.45) is 0 Å². The second-order valence-electron chi connectivity index (χ2n) is 3.93. The van der Waals surface area contributed by atoms with Gasteiger partial charge in [-0.2, -0.15) is 0 Å². The minimum absolute atomic E-state index is 0.0852. The molecule has 16 heavy (non-hydrogen) atoms. The number of hydrogen-bond donors (Lipinski definition) is 1. The van der Waals surface area contributed by atoms with E-state index in [2.05, 4.69) is 5.32 Å². The molecule has 0 aliphatic carbocycles. The van der Waals surface area contributed by atoms with Gasteiger partial charge in [-0.3, -0.25) is 4.79 Å². The van der Waals surface area contributed by atoms with Crippen molar-refractivity contribution >= 4 is 17.4 Å². The van der Waals surface area contributed by atoms with Crippen LogP contribution in [-0.4, -0.2) is 31.6 Å². The zero-order valence-electron chi connectivity index (χ0n) is 9.07. The summed E-state index contributed by atoms with van der Waals surface area (Å²) >= 11 is 5.85. The third-order valence-electron chi connectivity index (χ3n) is 2.85. The second kappa shape index (κ2) is 4.95. The van der Waals surface area contributed by atoms with E-state index in [9.17, 15) is 4.79 Å². The molecule has 0 spiro atoms. The maximum absolute atomic E-state index is 12.1. The van der Waals surface area contributed by atoms with E-state index in [0.717, 1.165) is 13.0 Å². The van der Waals surface area contributed by atoms with Crippen LogP contribution in [0.2, 0.25) is 5.02 Å². The van der Waals surface area contributed by atoms with Gasteiger partial charge in [-0.1, -0.05) is 23.7 Å². The van der Waals surface area contributed by atoms with Gasteiger partial charge in [-0.05, 0) is 18.6 Å².